The van der Waals surface area contributed by atoms with Crippen molar-refractivity contribution in [3.8, 4) is 0 Å². The minimum absolute atomic E-state index is 0.000490. The van der Waals surface area contributed by atoms with Crippen molar-refractivity contribution in [1.29, 1.82) is 0 Å². The molecule has 0 fully saturated rings. The second kappa shape index (κ2) is 5.80. The Hall–Kier alpha value is -0.780. The predicted molar refractivity (Wildman–Crippen MR) is 42.2 cm³/mol. The molecule has 0 aromatic heterocycles. The SMILES string of the molecule is CNC(=O)CNCCCC(F)(F)F. The summed E-state index contributed by atoms with van der Waals surface area (Å²) in [5.41, 5.74) is 0. The molecule has 6 heteroatoms. The minimum atomic E-state index is -4.10. The van der Waals surface area contributed by atoms with E-state index in [1.807, 2.05) is 0 Å². The van der Waals surface area contributed by atoms with Gasteiger partial charge in [-0.15, -0.1) is 0 Å². The Labute approximate surface area is 74.7 Å². The van der Waals surface area contributed by atoms with Gasteiger partial charge in [-0.05, 0) is 13.0 Å². The van der Waals surface area contributed by atoms with Gasteiger partial charge in [0.2, 0.25) is 5.91 Å². The highest BCUT2D eigenvalue weighted by atomic mass is 19.4. The summed E-state index contributed by atoms with van der Waals surface area (Å²) in [4.78, 5) is 10.6. The third kappa shape index (κ3) is 9.13. The summed E-state index contributed by atoms with van der Waals surface area (Å²) in [6.07, 6.45) is -4.91. The van der Waals surface area contributed by atoms with E-state index < -0.39 is 12.6 Å². The van der Waals surface area contributed by atoms with E-state index in [1.54, 1.807) is 0 Å². The summed E-state index contributed by atoms with van der Waals surface area (Å²) in [6.45, 7) is 0.265. The van der Waals surface area contributed by atoms with Crippen molar-refractivity contribution < 1.29 is 18.0 Å². The molecule has 0 radical (unpaired) electrons. The highest BCUT2D eigenvalue weighted by Crippen LogP contribution is 2.20. The van der Waals surface area contributed by atoms with Crippen LogP contribution in [0.1, 0.15) is 12.8 Å². The summed E-state index contributed by atoms with van der Waals surface area (Å²) in [5.74, 6) is -0.230. The fourth-order valence-corrected chi connectivity index (χ4v) is 0.704. The lowest BCUT2D eigenvalue weighted by Crippen LogP contribution is -2.32. The molecule has 0 aliphatic carbocycles. The van der Waals surface area contributed by atoms with Crippen LogP contribution in [0.2, 0.25) is 0 Å². The molecule has 0 saturated carbocycles. The summed E-state index contributed by atoms with van der Waals surface area (Å²) >= 11 is 0. The second-order valence-corrected chi connectivity index (χ2v) is 2.57. The summed E-state index contributed by atoms with van der Waals surface area (Å²) in [6, 6.07) is 0. The lowest BCUT2D eigenvalue weighted by Gasteiger charge is -2.06. The molecule has 0 saturated heterocycles. The molecule has 0 atom stereocenters. The van der Waals surface area contributed by atoms with Crippen LogP contribution in [0, 0.1) is 0 Å². The second-order valence-electron chi connectivity index (χ2n) is 2.57. The number of hydrogen-bond acceptors (Lipinski definition) is 2. The zero-order valence-electron chi connectivity index (χ0n) is 7.37. The van der Waals surface area contributed by atoms with Gasteiger partial charge in [0.1, 0.15) is 0 Å². The molecule has 3 nitrogen and oxygen atoms in total. The lowest BCUT2D eigenvalue weighted by atomic mass is 10.3. The molecule has 78 valence electrons. The Kier molecular flexibility index (Phi) is 5.45. The molecule has 0 aromatic rings. The summed E-state index contributed by atoms with van der Waals surface area (Å²) in [5, 5.41) is 4.95. The largest absolute Gasteiger partial charge is 0.389 e. The Morgan fingerprint density at radius 1 is 1.38 bits per heavy atom. The number of amides is 1. The Bertz CT molecular complexity index is 158. The number of halogens is 3. The Morgan fingerprint density at radius 2 is 2.00 bits per heavy atom. The van der Waals surface area contributed by atoms with E-state index in [-0.39, 0.29) is 25.4 Å². The molecule has 2 N–H and O–H groups in total. The number of likely N-dealkylation sites (N-methyl/N-ethyl adjacent to an activating group) is 1. The van der Waals surface area contributed by atoms with Gasteiger partial charge >= 0.3 is 6.18 Å². The fraction of sp³-hybridized carbons (Fsp3) is 0.857. The molecule has 0 rings (SSSR count). The number of rotatable bonds is 5. The van der Waals surface area contributed by atoms with Gasteiger partial charge in [0.05, 0.1) is 6.54 Å². The first-order chi connectivity index (χ1) is 5.95. The first-order valence-electron chi connectivity index (χ1n) is 3.94. The predicted octanol–water partition coefficient (Wildman–Crippen LogP) is 0.664. The maximum absolute atomic E-state index is 11.6. The molecule has 0 spiro atoms. The normalized spacial score (nSPS) is 11.4. The zero-order valence-corrected chi connectivity index (χ0v) is 7.37. The summed E-state index contributed by atoms with van der Waals surface area (Å²) in [7, 11) is 1.47. The van der Waals surface area contributed by atoms with Crippen LogP contribution in [0.5, 0.6) is 0 Å². The number of hydrogen-bond donors (Lipinski definition) is 2. The van der Waals surface area contributed by atoms with Crippen molar-refractivity contribution in [3.63, 3.8) is 0 Å². The summed E-state index contributed by atoms with van der Waals surface area (Å²) < 4.78 is 34.8. The van der Waals surface area contributed by atoms with E-state index in [0.717, 1.165) is 0 Å². The van der Waals surface area contributed by atoms with Gasteiger partial charge in [0.25, 0.3) is 0 Å². The third-order valence-electron chi connectivity index (χ3n) is 1.38. The fourth-order valence-electron chi connectivity index (χ4n) is 0.704. The van der Waals surface area contributed by atoms with Crippen LogP contribution in [-0.2, 0) is 4.79 Å². The van der Waals surface area contributed by atoms with Crippen LogP contribution in [0.15, 0.2) is 0 Å². The van der Waals surface area contributed by atoms with Crippen LogP contribution in [-0.4, -0.2) is 32.2 Å². The molecule has 1 amide bonds. The van der Waals surface area contributed by atoms with Crippen molar-refractivity contribution >= 4 is 5.91 Å². The molecule has 13 heavy (non-hydrogen) atoms. The van der Waals surface area contributed by atoms with Crippen molar-refractivity contribution in [3.05, 3.63) is 0 Å². The number of nitrogens with one attached hydrogen (secondary N) is 2. The van der Waals surface area contributed by atoms with Crippen molar-refractivity contribution in [1.82, 2.24) is 10.6 Å². The van der Waals surface area contributed by atoms with Gasteiger partial charge in [-0.25, -0.2) is 0 Å². The maximum Gasteiger partial charge on any atom is 0.389 e. The number of carbonyl (C=O) groups is 1. The highest BCUT2D eigenvalue weighted by Gasteiger charge is 2.25. The van der Waals surface area contributed by atoms with Crippen LogP contribution in [0.4, 0.5) is 13.2 Å². The van der Waals surface area contributed by atoms with Crippen molar-refractivity contribution in [2.24, 2.45) is 0 Å². The number of alkyl halides is 3. The first kappa shape index (κ1) is 12.2. The maximum atomic E-state index is 11.6. The van der Waals surface area contributed by atoms with E-state index in [1.165, 1.54) is 7.05 Å². The van der Waals surface area contributed by atoms with Crippen LogP contribution in [0.3, 0.4) is 0 Å². The smallest absolute Gasteiger partial charge is 0.358 e. The standard InChI is InChI=1S/C7H13F3N2O/c1-11-6(13)5-12-4-2-3-7(8,9)10/h12H,2-5H2,1H3,(H,11,13). The average Bonchev–Trinajstić information content (AvgIpc) is 2.01. The van der Waals surface area contributed by atoms with E-state index in [4.69, 9.17) is 0 Å². The minimum Gasteiger partial charge on any atom is -0.358 e. The molecular weight excluding hydrogens is 185 g/mol. The lowest BCUT2D eigenvalue weighted by molar-refractivity contribution is -0.135. The van der Waals surface area contributed by atoms with Crippen molar-refractivity contribution in [2.45, 2.75) is 19.0 Å². The van der Waals surface area contributed by atoms with E-state index in [2.05, 4.69) is 10.6 Å². The molecule has 0 unspecified atom stereocenters. The Balaban J connectivity index is 3.22. The monoisotopic (exact) mass is 198 g/mol. The average molecular weight is 198 g/mol. The van der Waals surface area contributed by atoms with Gasteiger partial charge in [-0.2, -0.15) is 13.2 Å². The molecule has 0 aromatic carbocycles. The van der Waals surface area contributed by atoms with Gasteiger partial charge in [-0.3, -0.25) is 4.79 Å². The Morgan fingerprint density at radius 3 is 2.46 bits per heavy atom. The van der Waals surface area contributed by atoms with Gasteiger partial charge in [0.15, 0.2) is 0 Å². The molecule has 0 bridgehead atoms. The van der Waals surface area contributed by atoms with Crippen molar-refractivity contribution in [2.75, 3.05) is 20.1 Å². The molecule has 0 aliphatic heterocycles. The molecule has 0 heterocycles. The zero-order chi connectivity index (χ0) is 10.3. The van der Waals surface area contributed by atoms with E-state index in [0.29, 0.717) is 0 Å². The molecular formula is C7H13F3N2O. The first-order valence-corrected chi connectivity index (χ1v) is 3.94. The quantitative estimate of drug-likeness (QED) is 0.637. The highest BCUT2D eigenvalue weighted by molar-refractivity contribution is 5.77. The van der Waals surface area contributed by atoms with E-state index >= 15 is 0 Å². The topological polar surface area (TPSA) is 41.1 Å². The van der Waals surface area contributed by atoms with Gasteiger partial charge < -0.3 is 10.6 Å². The number of carbonyl (C=O) groups excluding carboxylic acids is 1. The third-order valence-corrected chi connectivity index (χ3v) is 1.38. The van der Waals surface area contributed by atoms with E-state index in [9.17, 15) is 18.0 Å². The van der Waals surface area contributed by atoms with Crippen LogP contribution >= 0.6 is 0 Å². The van der Waals surface area contributed by atoms with Crippen LogP contribution in [0.25, 0.3) is 0 Å². The molecule has 0 aliphatic rings. The van der Waals surface area contributed by atoms with Gasteiger partial charge in [0, 0.05) is 13.5 Å². The van der Waals surface area contributed by atoms with Crippen LogP contribution < -0.4 is 10.6 Å². The van der Waals surface area contributed by atoms with Gasteiger partial charge in [-0.1, -0.05) is 0 Å².